The van der Waals surface area contributed by atoms with Gasteiger partial charge >= 0.3 is 0 Å². The second kappa shape index (κ2) is 5.44. The van der Waals surface area contributed by atoms with Crippen LogP contribution >= 0.6 is 47.4 Å². The Morgan fingerprint density at radius 3 is 2.72 bits per heavy atom. The van der Waals surface area contributed by atoms with E-state index in [-0.39, 0.29) is 16.5 Å². The first-order valence-electron chi connectivity index (χ1n) is 4.98. The molecule has 2 N–H and O–H groups in total. The molecular weight excluding hydrogens is 310 g/mol. The molecule has 0 amide bonds. The fraction of sp³-hybridized carbons (Fsp3) is 0.182. The molecule has 0 aliphatic rings. The van der Waals surface area contributed by atoms with Crippen molar-refractivity contribution >= 4 is 67.7 Å². The van der Waals surface area contributed by atoms with E-state index in [1.165, 1.54) is 11.3 Å². The Hall–Kier alpha value is -0.820. The molecule has 1 aromatic carbocycles. The van der Waals surface area contributed by atoms with Crippen molar-refractivity contribution in [3.8, 4) is 0 Å². The molecule has 1 unspecified atom stereocenters. The number of nitrogens with zero attached hydrogens (tertiary/aromatic N) is 1. The first-order valence-corrected chi connectivity index (χ1v) is 6.99. The number of rotatable bonds is 4. The summed E-state index contributed by atoms with van der Waals surface area (Å²) in [7, 11) is 0. The third-order valence-electron chi connectivity index (χ3n) is 2.34. The summed E-state index contributed by atoms with van der Waals surface area (Å²) in [5.74, 6) is -0.548. The molecule has 0 radical (unpaired) electrons. The lowest BCUT2D eigenvalue weighted by atomic mass is 10.1. The smallest absolute Gasteiger partial charge is 0.167 e. The predicted octanol–water partition coefficient (Wildman–Crippen LogP) is 4.19. The molecule has 2 aromatic rings. The van der Waals surface area contributed by atoms with Crippen molar-refractivity contribution in [3.05, 3.63) is 28.2 Å². The van der Waals surface area contributed by atoms with Gasteiger partial charge in [0, 0.05) is 11.4 Å². The van der Waals surface area contributed by atoms with Gasteiger partial charge in [-0.3, -0.25) is 0 Å². The predicted molar refractivity (Wildman–Crippen MR) is 82.4 cm³/mol. The molecule has 18 heavy (non-hydrogen) atoms. The van der Waals surface area contributed by atoms with Crippen molar-refractivity contribution in [1.82, 2.24) is 4.98 Å². The minimum atomic E-state index is -0.548. The summed E-state index contributed by atoms with van der Waals surface area (Å²) in [5.41, 5.74) is 0.743. The topological polar surface area (TPSA) is 53.4 Å². The fourth-order valence-corrected chi connectivity index (χ4v) is 3.18. The van der Waals surface area contributed by atoms with Crippen molar-refractivity contribution in [2.75, 3.05) is 0 Å². The van der Waals surface area contributed by atoms with Crippen LogP contribution in [-0.4, -0.2) is 25.3 Å². The number of aliphatic hydroxyl groups is 2. The third-order valence-corrected chi connectivity index (χ3v) is 4.18. The third kappa shape index (κ3) is 2.95. The molecule has 1 atom stereocenters. The van der Waals surface area contributed by atoms with E-state index >= 15 is 0 Å². The zero-order valence-corrected chi connectivity index (χ0v) is 12.2. The molecule has 0 spiro atoms. The quantitative estimate of drug-likeness (QED) is 0.828. The lowest BCUT2D eigenvalue weighted by molar-refractivity contribution is 0.511. The van der Waals surface area contributed by atoms with Crippen molar-refractivity contribution in [3.63, 3.8) is 0 Å². The summed E-state index contributed by atoms with van der Waals surface area (Å²) in [5, 5.41) is 19.5. The van der Waals surface area contributed by atoms with Crippen LogP contribution in [0.25, 0.3) is 10.2 Å². The van der Waals surface area contributed by atoms with Gasteiger partial charge in [0.05, 0.1) is 16.1 Å². The zero-order valence-electron chi connectivity index (χ0n) is 8.96. The van der Waals surface area contributed by atoms with Gasteiger partial charge in [-0.1, -0.05) is 11.6 Å². The molecule has 2 rings (SSSR count). The lowest BCUT2D eigenvalue weighted by Crippen LogP contribution is -2.13. The van der Waals surface area contributed by atoms with E-state index in [1.807, 2.05) is 6.07 Å². The number of aliphatic hydroxyl groups excluding tert-OH is 2. The van der Waals surface area contributed by atoms with Crippen LogP contribution in [0.1, 0.15) is 17.3 Å². The van der Waals surface area contributed by atoms with E-state index in [4.69, 9.17) is 28.9 Å². The van der Waals surface area contributed by atoms with E-state index in [1.54, 1.807) is 12.1 Å². The van der Waals surface area contributed by atoms with Gasteiger partial charge in [0.15, 0.2) is 10.1 Å². The Bertz CT molecular complexity index is 626. The second-order valence-electron chi connectivity index (χ2n) is 3.65. The first kappa shape index (κ1) is 13.6. The Morgan fingerprint density at radius 2 is 2.11 bits per heavy atom. The van der Waals surface area contributed by atoms with Crippen molar-refractivity contribution < 1.29 is 10.2 Å². The van der Waals surface area contributed by atoms with Crippen LogP contribution < -0.4 is 0 Å². The summed E-state index contributed by atoms with van der Waals surface area (Å²) >= 11 is 16.7. The van der Waals surface area contributed by atoms with Crippen LogP contribution in [0.4, 0.5) is 0 Å². The van der Waals surface area contributed by atoms with E-state index in [0.29, 0.717) is 10.0 Å². The van der Waals surface area contributed by atoms with Crippen LogP contribution in [0, 0.1) is 0 Å². The maximum absolute atomic E-state index is 9.50. The van der Waals surface area contributed by atoms with Gasteiger partial charge < -0.3 is 10.2 Å². The van der Waals surface area contributed by atoms with E-state index in [9.17, 15) is 5.11 Å². The molecule has 7 heteroatoms. The Morgan fingerprint density at radius 1 is 1.39 bits per heavy atom. The molecule has 1 heterocycles. The molecular formula is C11H8ClNO2S3. The Kier molecular flexibility index (Phi) is 4.11. The Balaban J connectivity index is 2.44. The highest BCUT2D eigenvalue weighted by atomic mass is 35.5. The Labute approximate surface area is 123 Å². The standard InChI is InChI=1S/C11H8ClNO2S3/c12-5-1-2-8-7(3-5)13-10(18-8)6(11(15)17)4-9(14)16/h1-3,6H,4H2,(H,14,16)(H,15,17). The minimum Gasteiger partial charge on any atom is -0.502 e. The van der Waals surface area contributed by atoms with Crippen molar-refractivity contribution in [2.24, 2.45) is 0 Å². The largest absolute Gasteiger partial charge is 0.502 e. The maximum atomic E-state index is 9.50. The van der Waals surface area contributed by atoms with Crippen LogP contribution in [0.15, 0.2) is 18.2 Å². The van der Waals surface area contributed by atoms with Crippen LogP contribution in [-0.2, 0) is 0 Å². The molecule has 0 bridgehead atoms. The maximum Gasteiger partial charge on any atom is 0.167 e. The molecule has 0 saturated carbocycles. The van der Waals surface area contributed by atoms with Gasteiger partial charge in [0.25, 0.3) is 0 Å². The molecule has 0 saturated heterocycles. The average Bonchev–Trinajstić information content (AvgIpc) is 2.67. The summed E-state index contributed by atoms with van der Waals surface area (Å²) in [6.45, 7) is 0. The summed E-state index contributed by atoms with van der Waals surface area (Å²) in [6.07, 6.45) is 0.0955. The number of aromatic nitrogens is 1. The molecule has 3 nitrogen and oxygen atoms in total. The average molecular weight is 318 g/mol. The van der Waals surface area contributed by atoms with Crippen LogP contribution in [0.3, 0.4) is 0 Å². The molecule has 94 valence electrons. The number of thiazole rings is 1. The summed E-state index contributed by atoms with van der Waals surface area (Å²) in [6, 6.07) is 5.37. The lowest BCUT2D eigenvalue weighted by Gasteiger charge is -2.08. The number of hydrogen-bond acceptors (Lipinski definition) is 4. The summed E-state index contributed by atoms with van der Waals surface area (Å²) in [4.78, 5) is 4.36. The molecule has 0 fully saturated rings. The number of thiocarbonyl (C=S) groups is 2. The van der Waals surface area contributed by atoms with E-state index in [2.05, 4.69) is 17.2 Å². The van der Waals surface area contributed by atoms with Crippen molar-refractivity contribution in [2.45, 2.75) is 12.3 Å². The number of benzene rings is 1. The van der Waals surface area contributed by atoms with Crippen LogP contribution in [0.5, 0.6) is 0 Å². The highest BCUT2D eigenvalue weighted by molar-refractivity contribution is 7.80. The molecule has 0 aliphatic carbocycles. The van der Waals surface area contributed by atoms with Gasteiger partial charge in [-0.15, -0.1) is 11.3 Å². The highest BCUT2D eigenvalue weighted by Crippen LogP contribution is 2.31. The fourth-order valence-electron chi connectivity index (χ4n) is 1.52. The zero-order chi connectivity index (χ0) is 13.3. The van der Waals surface area contributed by atoms with Crippen LogP contribution in [0.2, 0.25) is 5.02 Å². The number of fused-ring (bicyclic) bond motifs is 1. The van der Waals surface area contributed by atoms with E-state index < -0.39 is 5.92 Å². The normalized spacial score (nSPS) is 12.5. The van der Waals surface area contributed by atoms with Gasteiger partial charge in [-0.2, -0.15) is 0 Å². The van der Waals surface area contributed by atoms with Crippen molar-refractivity contribution in [1.29, 1.82) is 0 Å². The number of hydrogen-bond donors (Lipinski definition) is 2. The monoisotopic (exact) mass is 317 g/mol. The van der Waals surface area contributed by atoms with Gasteiger partial charge in [0.1, 0.15) is 5.01 Å². The number of halogens is 1. The summed E-state index contributed by atoms with van der Waals surface area (Å²) < 4.78 is 0.944. The van der Waals surface area contributed by atoms with E-state index in [0.717, 1.165) is 10.2 Å². The molecule has 0 aliphatic heterocycles. The molecule has 1 aromatic heterocycles. The second-order valence-corrected chi connectivity index (χ2v) is 6.04. The van der Waals surface area contributed by atoms with Gasteiger partial charge in [0.2, 0.25) is 0 Å². The van der Waals surface area contributed by atoms with Gasteiger partial charge in [-0.05, 0) is 42.6 Å². The SMILES string of the molecule is OC(=S)CC(C(O)=S)c1nc2cc(Cl)ccc2s1. The highest BCUT2D eigenvalue weighted by Gasteiger charge is 2.22. The first-order chi connectivity index (χ1) is 8.47. The minimum absolute atomic E-state index is 0.0955. The van der Waals surface area contributed by atoms with Gasteiger partial charge in [-0.25, -0.2) is 4.98 Å².